The average Bonchev–Trinajstić information content (AvgIpc) is 2.62. The number of Topliss-reactive ketones (excluding diaryl/α,β-unsaturated/α-hetero) is 1. The predicted octanol–water partition coefficient (Wildman–Crippen LogP) is 3.21. The Kier molecular flexibility index (Phi) is 6.46. The molecule has 0 saturated carbocycles. The van der Waals surface area contributed by atoms with Crippen LogP contribution in [0.2, 0.25) is 0 Å². The summed E-state index contributed by atoms with van der Waals surface area (Å²) < 4.78 is 5.71. The monoisotopic (exact) mass is 429 g/mol. The molecule has 0 spiro atoms. The first-order valence-corrected chi connectivity index (χ1v) is 11.1. The van der Waals surface area contributed by atoms with Crippen molar-refractivity contribution in [1.29, 1.82) is 0 Å². The van der Waals surface area contributed by atoms with Gasteiger partial charge in [-0.15, -0.1) is 0 Å². The number of fused-ring (bicyclic) bond motifs is 1. The Hall–Kier alpha value is -2.41. The molecule has 7 nitrogen and oxygen atoms in total. The molecule has 1 unspecified atom stereocenters. The van der Waals surface area contributed by atoms with Crippen LogP contribution in [0.15, 0.2) is 18.2 Å². The Balaban J connectivity index is 1.79. The molecule has 1 aromatic rings. The van der Waals surface area contributed by atoms with Gasteiger partial charge in [-0.05, 0) is 72.1 Å². The maximum atomic E-state index is 13.0. The summed E-state index contributed by atoms with van der Waals surface area (Å²) in [5.41, 5.74) is 0.818. The fraction of sp³-hybridized carbons (Fsp3) is 0.625. The van der Waals surface area contributed by atoms with Gasteiger partial charge < -0.3 is 15.4 Å². The Morgan fingerprint density at radius 3 is 2.45 bits per heavy atom. The first kappa shape index (κ1) is 23.3. The molecule has 1 fully saturated rings. The van der Waals surface area contributed by atoms with Crippen LogP contribution < -0.4 is 20.3 Å². The third-order valence-electron chi connectivity index (χ3n) is 5.82. The van der Waals surface area contributed by atoms with Crippen LogP contribution in [0.4, 0.5) is 5.69 Å². The van der Waals surface area contributed by atoms with Gasteiger partial charge in [-0.1, -0.05) is 6.92 Å². The number of ether oxygens (including phenoxy) is 1. The number of nitrogens with one attached hydrogen (secondary N) is 2. The largest absolute Gasteiger partial charge is 0.479 e. The number of ketones is 1. The topological polar surface area (TPSA) is 87.7 Å². The fourth-order valence-electron chi connectivity index (χ4n) is 4.96. The zero-order valence-corrected chi connectivity index (χ0v) is 19.5. The molecule has 0 aromatic heterocycles. The number of anilines is 1. The Bertz CT molecular complexity index is 862. The lowest BCUT2D eigenvalue weighted by Gasteiger charge is -2.46. The van der Waals surface area contributed by atoms with Crippen molar-refractivity contribution < 1.29 is 19.1 Å². The minimum Gasteiger partial charge on any atom is -0.479 e. The lowest BCUT2D eigenvalue weighted by atomic mass is 9.79. The minimum absolute atomic E-state index is 0.0138. The van der Waals surface area contributed by atoms with E-state index in [1.807, 2.05) is 6.92 Å². The van der Waals surface area contributed by atoms with Crippen molar-refractivity contribution in [3.05, 3.63) is 23.8 Å². The van der Waals surface area contributed by atoms with Crippen LogP contribution in [-0.4, -0.2) is 47.4 Å². The molecule has 170 valence electrons. The molecule has 2 aliphatic rings. The molecule has 2 N–H and O–H groups in total. The minimum atomic E-state index is -0.686. The molecule has 2 amide bonds. The van der Waals surface area contributed by atoms with Crippen LogP contribution in [0.1, 0.15) is 77.6 Å². The van der Waals surface area contributed by atoms with Crippen LogP contribution in [0, 0.1) is 0 Å². The van der Waals surface area contributed by atoms with Gasteiger partial charge in [0.2, 0.25) is 5.91 Å². The second-order valence-corrected chi connectivity index (χ2v) is 10.1. The highest BCUT2D eigenvalue weighted by Gasteiger charge is 2.39. The van der Waals surface area contributed by atoms with Gasteiger partial charge in [0.1, 0.15) is 12.3 Å². The second kappa shape index (κ2) is 8.61. The van der Waals surface area contributed by atoms with E-state index in [4.69, 9.17) is 4.74 Å². The van der Waals surface area contributed by atoms with E-state index >= 15 is 0 Å². The number of benzene rings is 1. The number of hydrogen-bond donors (Lipinski definition) is 2. The van der Waals surface area contributed by atoms with Gasteiger partial charge in [-0.2, -0.15) is 0 Å². The molecule has 31 heavy (non-hydrogen) atoms. The summed E-state index contributed by atoms with van der Waals surface area (Å²) >= 11 is 0. The van der Waals surface area contributed by atoms with Crippen LogP contribution >= 0.6 is 0 Å². The van der Waals surface area contributed by atoms with Crippen LogP contribution in [0.5, 0.6) is 5.75 Å². The van der Waals surface area contributed by atoms with Crippen molar-refractivity contribution in [2.75, 3.05) is 11.4 Å². The van der Waals surface area contributed by atoms with Crippen LogP contribution in [0.3, 0.4) is 0 Å². The summed E-state index contributed by atoms with van der Waals surface area (Å²) in [5.74, 6) is 0.0305. The van der Waals surface area contributed by atoms with Crippen molar-refractivity contribution in [1.82, 2.24) is 10.6 Å². The van der Waals surface area contributed by atoms with Crippen LogP contribution in [0.25, 0.3) is 0 Å². The summed E-state index contributed by atoms with van der Waals surface area (Å²) in [4.78, 5) is 39.6. The smallest absolute Gasteiger partial charge is 0.268 e. The number of nitrogens with zero attached hydrogens (tertiary/aromatic N) is 1. The molecule has 0 bridgehead atoms. The van der Waals surface area contributed by atoms with E-state index in [9.17, 15) is 14.4 Å². The Labute approximate surface area is 184 Å². The van der Waals surface area contributed by atoms with E-state index in [1.54, 1.807) is 25.1 Å². The van der Waals surface area contributed by atoms with Gasteiger partial charge in [-0.25, -0.2) is 0 Å². The van der Waals surface area contributed by atoms with E-state index in [1.165, 1.54) is 4.90 Å². The van der Waals surface area contributed by atoms with E-state index < -0.39 is 6.10 Å². The van der Waals surface area contributed by atoms with E-state index in [2.05, 4.69) is 38.3 Å². The zero-order chi connectivity index (χ0) is 23.0. The van der Waals surface area contributed by atoms with Gasteiger partial charge in [0.15, 0.2) is 11.9 Å². The molecular weight excluding hydrogens is 394 g/mol. The molecule has 1 saturated heterocycles. The molecular formula is C24H35N3O4. The predicted molar refractivity (Wildman–Crippen MR) is 121 cm³/mol. The average molecular weight is 430 g/mol. The lowest BCUT2D eigenvalue weighted by Crippen LogP contribution is -2.62. The summed E-state index contributed by atoms with van der Waals surface area (Å²) in [5, 5.41) is 6.73. The third-order valence-corrected chi connectivity index (χ3v) is 5.82. The normalized spacial score (nSPS) is 22.5. The van der Waals surface area contributed by atoms with Gasteiger partial charge in [0.25, 0.3) is 5.91 Å². The highest BCUT2D eigenvalue weighted by molar-refractivity contribution is 6.05. The summed E-state index contributed by atoms with van der Waals surface area (Å²) in [6, 6.07) is 5.12. The second-order valence-electron chi connectivity index (χ2n) is 10.1. The highest BCUT2D eigenvalue weighted by Crippen LogP contribution is 2.35. The highest BCUT2D eigenvalue weighted by atomic mass is 16.5. The fourth-order valence-corrected chi connectivity index (χ4v) is 4.96. The maximum absolute atomic E-state index is 13.0. The standard InChI is InChI=1S/C24H35N3O4/c1-7-8-19(28)16-9-10-20-18(11-16)27(22(30)15(2)31-20)14-21(29)25-17-12-23(3,4)26-24(5,6)13-17/h9-11,15,17,26H,7-8,12-14H2,1-6H3,(H,25,29). The van der Waals surface area contributed by atoms with Gasteiger partial charge in [0.05, 0.1) is 5.69 Å². The number of carbonyl (C=O) groups excluding carboxylic acids is 3. The van der Waals surface area contributed by atoms with Gasteiger partial charge in [0, 0.05) is 29.1 Å². The zero-order valence-electron chi connectivity index (χ0n) is 19.5. The molecule has 7 heteroatoms. The molecule has 2 heterocycles. The van der Waals surface area contributed by atoms with Gasteiger partial charge >= 0.3 is 0 Å². The number of hydrogen-bond acceptors (Lipinski definition) is 5. The van der Waals surface area contributed by atoms with E-state index in [-0.39, 0.29) is 41.3 Å². The van der Waals surface area contributed by atoms with E-state index in [0.29, 0.717) is 23.4 Å². The maximum Gasteiger partial charge on any atom is 0.268 e. The van der Waals surface area contributed by atoms with Gasteiger partial charge in [-0.3, -0.25) is 19.3 Å². The number of amides is 2. The van der Waals surface area contributed by atoms with Crippen molar-refractivity contribution >= 4 is 23.3 Å². The van der Waals surface area contributed by atoms with Crippen molar-refractivity contribution in [2.24, 2.45) is 0 Å². The SMILES string of the molecule is CCCC(=O)c1ccc2c(c1)N(CC(=O)NC1CC(C)(C)NC(C)(C)C1)C(=O)C(C)O2. The third kappa shape index (κ3) is 5.45. The molecule has 2 aliphatic heterocycles. The lowest BCUT2D eigenvalue weighted by molar-refractivity contribution is -0.128. The van der Waals surface area contributed by atoms with E-state index in [0.717, 1.165) is 19.3 Å². The van der Waals surface area contributed by atoms with Crippen molar-refractivity contribution in [3.63, 3.8) is 0 Å². The number of rotatable bonds is 6. The first-order chi connectivity index (χ1) is 14.4. The molecule has 0 radical (unpaired) electrons. The van der Waals surface area contributed by atoms with Crippen LogP contribution in [-0.2, 0) is 9.59 Å². The van der Waals surface area contributed by atoms with Crippen molar-refractivity contribution in [2.45, 2.75) is 90.4 Å². The number of piperidine rings is 1. The quantitative estimate of drug-likeness (QED) is 0.678. The molecule has 1 aromatic carbocycles. The summed E-state index contributed by atoms with van der Waals surface area (Å²) in [6.45, 7) is 12.0. The first-order valence-electron chi connectivity index (χ1n) is 11.1. The molecule has 0 aliphatic carbocycles. The number of carbonyl (C=O) groups is 3. The molecule has 1 atom stereocenters. The summed E-state index contributed by atoms with van der Waals surface area (Å²) in [6.07, 6.45) is 2.11. The summed E-state index contributed by atoms with van der Waals surface area (Å²) in [7, 11) is 0. The Morgan fingerprint density at radius 1 is 1.19 bits per heavy atom. The Morgan fingerprint density at radius 2 is 1.84 bits per heavy atom. The van der Waals surface area contributed by atoms with Crippen molar-refractivity contribution in [3.8, 4) is 5.75 Å². The molecule has 3 rings (SSSR count).